The number of halogens is 1. The van der Waals surface area contributed by atoms with Crippen molar-refractivity contribution in [3.63, 3.8) is 0 Å². The SMILES string of the molecule is COc1cc(Br)c(/C=N\NC(=O)c2ccccc2-n2cccc2)cc1OC. The lowest BCUT2D eigenvalue weighted by molar-refractivity contribution is 0.0955. The zero-order chi connectivity index (χ0) is 19.2. The Balaban J connectivity index is 1.79. The zero-order valence-corrected chi connectivity index (χ0v) is 16.4. The molecule has 0 atom stereocenters. The van der Waals surface area contributed by atoms with E-state index in [4.69, 9.17) is 9.47 Å². The number of amides is 1. The van der Waals surface area contributed by atoms with Crippen LogP contribution in [-0.2, 0) is 0 Å². The average Bonchev–Trinajstić information content (AvgIpc) is 3.23. The fraction of sp³-hybridized carbons (Fsp3) is 0.100. The van der Waals surface area contributed by atoms with Crippen LogP contribution in [0.5, 0.6) is 11.5 Å². The number of nitrogens with zero attached hydrogens (tertiary/aromatic N) is 2. The number of hydrogen-bond donors (Lipinski definition) is 1. The molecule has 1 amide bonds. The van der Waals surface area contributed by atoms with Gasteiger partial charge in [0.1, 0.15) is 0 Å². The first-order chi connectivity index (χ1) is 13.1. The molecule has 27 heavy (non-hydrogen) atoms. The van der Waals surface area contributed by atoms with Crippen LogP contribution in [0.25, 0.3) is 5.69 Å². The molecule has 0 aliphatic heterocycles. The maximum Gasteiger partial charge on any atom is 0.273 e. The molecule has 3 rings (SSSR count). The van der Waals surface area contributed by atoms with Gasteiger partial charge in [0, 0.05) is 22.4 Å². The maximum absolute atomic E-state index is 12.6. The van der Waals surface area contributed by atoms with Gasteiger partial charge in [0.2, 0.25) is 0 Å². The van der Waals surface area contributed by atoms with Crippen molar-refractivity contribution in [2.24, 2.45) is 5.10 Å². The minimum absolute atomic E-state index is 0.299. The highest BCUT2D eigenvalue weighted by molar-refractivity contribution is 9.10. The second-order valence-corrected chi connectivity index (χ2v) is 6.39. The van der Waals surface area contributed by atoms with E-state index >= 15 is 0 Å². The molecule has 1 N–H and O–H groups in total. The van der Waals surface area contributed by atoms with Gasteiger partial charge in [-0.25, -0.2) is 5.43 Å². The van der Waals surface area contributed by atoms with E-state index in [1.54, 1.807) is 38.6 Å². The summed E-state index contributed by atoms with van der Waals surface area (Å²) in [5.74, 6) is 0.879. The van der Waals surface area contributed by atoms with Crippen LogP contribution in [0.2, 0.25) is 0 Å². The Kier molecular flexibility index (Phi) is 5.93. The number of para-hydroxylation sites is 1. The molecule has 2 aromatic carbocycles. The first-order valence-corrected chi connectivity index (χ1v) is 8.90. The third kappa shape index (κ3) is 4.20. The van der Waals surface area contributed by atoms with Crippen LogP contribution in [0.15, 0.2) is 70.5 Å². The molecule has 0 unspecified atom stereocenters. The Labute approximate surface area is 165 Å². The standard InChI is InChI=1S/C20H18BrN3O3/c1-26-18-11-14(16(21)12-19(18)27-2)13-22-23-20(25)15-7-3-4-8-17(15)24-9-5-6-10-24/h3-13H,1-2H3,(H,23,25)/b22-13-. The van der Waals surface area contributed by atoms with Crippen molar-refractivity contribution >= 4 is 28.1 Å². The number of carbonyl (C=O) groups is 1. The quantitative estimate of drug-likeness (QED) is 0.477. The highest BCUT2D eigenvalue weighted by Gasteiger charge is 2.12. The van der Waals surface area contributed by atoms with Crippen LogP contribution >= 0.6 is 15.9 Å². The number of nitrogens with one attached hydrogen (secondary N) is 1. The van der Waals surface area contributed by atoms with Crippen LogP contribution < -0.4 is 14.9 Å². The molecule has 0 bridgehead atoms. The van der Waals surface area contributed by atoms with Gasteiger partial charge in [-0.2, -0.15) is 5.10 Å². The molecule has 0 aliphatic carbocycles. The molecular formula is C20H18BrN3O3. The molecule has 0 saturated carbocycles. The van der Waals surface area contributed by atoms with Crippen molar-refractivity contribution in [2.75, 3.05) is 14.2 Å². The molecule has 1 aromatic heterocycles. The fourth-order valence-electron chi connectivity index (χ4n) is 2.58. The summed E-state index contributed by atoms with van der Waals surface area (Å²) in [7, 11) is 3.13. The molecule has 1 heterocycles. The molecule has 0 radical (unpaired) electrons. The molecule has 0 fully saturated rings. The number of methoxy groups -OCH3 is 2. The topological polar surface area (TPSA) is 64.8 Å². The van der Waals surface area contributed by atoms with E-state index in [-0.39, 0.29) is 5.91 Å². The molecular weight excluding hydrogens is 410 g/mol. The lowest BCUT2D eigenvalue weighted by Gasteiger charge is -2.10. The van der Waals surface area contributed by atoms with E-state index in [1.807, 2.05) is 47.3 Å². The lowest BCUT2D eigenvalue weighted by Crippen LogP contribution is -2.19. The summed E-state index contributed by atoms with van der Waals surface area (Å²) < 4.78 is 13.2. The minimum atomic E-state index is -0.299. The monoisotopic (exact) mass is 427 g/mol. The van der Waals surface area contributed by atoms with Crippen molar-refractivity contribution in [2.45, 2.75) is 0 Å². The van der Waals surface area contributed by atoms with Gasteiger partial charge < -0.3 is 14.0 Å². The highest BCUT2D eigenvalue weighted by atomic mass is 79.9. The lowest BCUT2D eigenvalue weighted by atomic mass is 10.1. The van der Waals surface area contributed by atoms with E-state index in [1.165, 1.54) is 0 Å². The summed E-state index contributed by atoms with van der Waals surface area (Å²) in [5.41, 5.74) is 4.61. The van der Waals surface area contributed by atoms with Gasteiger partial charge in [-0.15, -0.1) is 0 Å². The van der Waals surface area contributed by atoms with Crippen molar-refractivity contribution in [3.05, 3.63) is 76.5 Å². The first kappa shape index (κ1) is 18.7. The van der Waals surface area contributed by atoms with E-state index in [0.717, 1.165) is 15.7 Å². The van der Waals surface area contributed by atoms with Crippen LogP contribution in [0.1, 0.15) is 15.9 Å². The van der Waals surface area contributed by atoms with Crippen LogP contribution in [0.4, 0.5) is 0 Å². The van der Waals surface area contributed by atoms with Gasteiger partial charge >= 0.3 is 0 Å². The van der Waals surface area contributed by atoms with E-state index in [0.29, 0.717) is 17.1 Å². The molecule has 3 aromatic rings. The van der Waals surface area contributed by atoms with Gasteiger partial charge in [-0.05, 0) is 52.3 Å². The van der Waals surface area contributed by atoms with Crippen LogP contribution in [-0.4, -0.2) is 30.9 Å². The first-order valence-electron chi connectivity index (χ1n) is 8.11. The van der Waals surface area contributed by atoms with Gasteiger partial charge in [-0.1, -0.05) is 12.1 Å². The molecule has 0 aliphatic rings. The van der Waals surface area contributed by atoms with Crippen molar-refractivity contribution < 1.29 is 14.3 Å². The number of carbonyl (C=O) groups excluding carboxylic acids is 1. The maximum atomic E-state index is 12.6. The normalized spacial score (nSPS) is 10.8. The summed E-state index contributed by atoms with van der Waals surface area (Å²) in [5, 5.41) is 4.07. The second-order valence-electron chi connectivity index (χ2n) is 5.54. The van der Waals surface area contributed by atoms with Crippen molar-refractivity contribution in [1.29, 1.82) is 0 Å². The molecule has 138 valence electrons. The van der Waals surface area contributed by atoms with E-state index in [9.17, 15) is 4.79 Å². The number of hydrogen-bond acceptors (Lipinski definition) is 4. The van der Waals surface area contributed by atoms with Gasteiger partial charge in [0.05, 0.1) is 31.7 Å². The zero-order valence-electron chi connectivity index (χ0n) is 14.8. The van der Waals surface area contributed by atoms with Gasteiger partial charge in [0.15, 0.2) is 11.5 Å². The Hall–Kier alpha value is -3.06. The summed E-state index contributed by atoms with van der Waals surface area (Å²) in [6.45, 7) is 0. The fourth-order valence-corrected chi connectivity index (χ4v) is 3.00. The molecule has 7 heteroatoms. The van der Waals surface area contributed by atoms with E-state index in [2.05, 4.69) is 26.5 Å². The predicted molar refractivity (Wildman–Crippen MR) is 108 cm³/mol. The summed E-state index contributed by atoms with van der Waals surface area (Å²) >= 11 is 3.46. The smallest absolute Gasteiger partial charge is 0.273 e. The second kappa shape index (κ2) is 8.55. The molecule has 6 nitrogen and oxygen atoms in total. The Bertz CT molecular complexity index is 969. The average molecular weight is 428 g/mol. The highest BCUT2D eigenvalue weighted by Crippen LogP contribution is 2.32. The summed E-state index contributed by atoms with van der Waals surface area (Å²) in [4.78, 5) is 12.6. The number of ether oxygens (including phenoxy) is 2. The largest absolute Gasteiger partial charge is 0.493 e. The summed E-state index contributed by atoms with van der Waals surface area (Å²) in [6, 6.07) is 14.7. The van der Waals surface area contributed by atoms with Crippen molar-refractivity contribution in [1.82, 2.24) is 9.99 Å². The van der Waals surface area contributed by atoms with Gasteiger partial charge in [-0.3, -0.25) is 4.79 Å². The Morgan fingerprint density at radius 3 is 2.44 bits per heavy atom. The van der Waals surface area contributed by atoms with Gasteiger partial charge in [0.25, 0.3) is 5.91 Å². The predicted octanol–water partition coefficient (Wildman–Crippen LogP) is 4.02. The molecule has 0 spiro atoms. The van der Waals surface area contributed by atoms with E-state index < -0.39 is 0 Å². The number of benzene rings is 2. The molecule has 0 saturated heterocycles. The number of aromatic nitrogens is 1. The third-order valence-corrected chi connectivity index (χ3v) is 4.59. The minimum Gasteiger partial charge on any atom is -0.493 e. The van der Waals surface area contributed by atoms with Crippen LogP contribution in [0.3, 0.4) is 0 Å². The van der Waals surface area contributed by atoms with Crippen molar-refractivity contribution in [3.8, 4) is 17.2 Å². The van der Waals surface area contributed by atoms with Crippen LogP contribution in [0, 0.1) is 0 Å². The number of hydrazone groups is 1. The number of rotatable bonds is 6. The Morgan fingerprint density at radius 2 is 1.74 bits per heavy atom. The third-order valence-electron chi connectivity index (χ3n) is 3.90. The Morgan fingerprint density at radius 1 is 1.07 bits per heavy atom. The summed E-state index contributed by atoms with van der Waals surface area (Å²) in [6.07, 6.45) is 5.31.